The molecule has 4 rings (SSSR count). The van der Waals surface area contributed by atoms with E-state index in [0.29, 0.717) is 0 Å². The van der Waals surface area contributed by atoms with Crippen molar-refractivity contribution in [2.75, 3.05) is 69.0 Å². The topological polar surface area (TPSA) is 50.8 Å². The molecule has 3 heterocycles. The summed E-state index contributed by atoms with van der Waals surface area (Å²) in [5.41, 5.74) is 2.26. The fourth-order valence-electron chi connectivity index (χ4n) is 3.78. The lowest BCUT2D eigenvalue weighted by molar-refractivity contribution is 0.231. The Morgan fingerprint density at radius 3 is 2.29 bits per heavy atom. The molecule has 0 unspecified atom stereocenters. The van der Waals surface area contributed by atoms with Crippen molar-refractivity contribution in [1.29, 1.82) is 0 Å². The third-order valence-corrected chi connectivity index (χ3v) is 6.08. The lowest BCUT2D eigenvalue weighted by Crippen LogP contribution is -2.49. The van der Waals surface area contributed by atoms with Gasteiger partial charge < -0.3 is 24.9 Å². The molecule has 7 nitrogen and oxygen atoms in total. The Morgan fingerprint density at radius 2 is 1.65 bits per heavy atom. The maximum atomic E-state index is 4.84. The number of benzene rings is 1. The van der Waals surface area contributed by atoms with Crippen molar-refractivity contribution in [3.63, 3.8) is 0 Å². The van der Waals surface area contributed by atoms with E-state index in [1.54, 1.807) is 0 Å². The van der Waals surface area contributed by atoms with E-state index in [1.165, 1.54) is 15.9 Å². The first-order valence-electron chi connectivity index (χ1n) is 10.6. The van der Waals surface area contributed by atoms with E-state index in [0.717, 1.165) is 56.0 Å². The minimum atomic E-state index is 0.772. The molecule has 2 aromatic rings. The third-order valence-electron chi connectivity index (χ3n) is 5.56. The van der Waals surface area contributed by atoms with Crippen molar-refractivity contribution in [3.05, 3.63) is 58.4 Å². The Hall–Kier alpha value is -2.74. The van der Waals surface area contributed by atoms with Crippen molar-refractivity contribution in [2.45, 2.75) is 6.92 Å². The van der Waals surface area contributed by atoms with Gasteiger partial charge in [0.25, 0.3) is 0 Å². The number of rotatable bonds is 5. The van der Waals surface area contributed by atoms with Crippen molar-refractivity contribution < 1.29 is 0 Å². The summed E-state index contributed by atoms with van der Waals surface area (Å²) in [7, 11) is 6.16. The van der Waals surface area contributed by atoms with Crippen LogP contribution in [0, 0.1) is 6.92 Å². The summed E-state index contributed by atoms with van der Waals surface area (Å²) < 4.78 is 1.21. The van der Waals surface area contributed by atoms with Crippen LogP contribution in [0.1, 0.15) is 5.56 Å². The molecule has 1 N–H and O–H groups in total. The number of halogens is 1. The molecule has 0 saturated carbocycles. The second kappa shape index (κ2) is 9.18. The average molecular weight is 484 g/mol. The molecule has 1 aromatic carbocycles. The number of aryl methyl sites for hydroxylation is 1. The summed E-state index contributed by atoms with van der Waals surface area (Å²) in [6.07, 6.45) is 4.34. The molecule has 2 aliphatic heterocycles. The zero-order valence-corrected chi connectivity index (χ0v) is 20.2. The van der Waals surface area contributed by atoms with E-state index in [1.807, 2.05) is 25.1 Å². The van der Waals surface area contributed by atoms with Crippen LogP contribution >= 0.6 is 15.9 Å². The first-order chi connectivity index (χ1) is 14.9. The van der Waals surface area contributed by atoms with Gasteiger partial charge in [-0.2, -0.15) is 9.97 Å². The van der Waals surface area contributed by atoms with Crippen LogP contribution in [0.25, 0.3) is 0 Å². The molecule has 0 bridgehead atoms. The highest BCUT2D eigenvalue weighted by molar-refractivity contribution is 9.11. The number of allylic oxidation sites excluding steroid dienone is 2. The van der Waals surface area contributed by atoms with Crippen molar-refractivity contribution >= 4 is 39.2 Å². The summed E-state index contributed by atoms with van der Waals surface area (Å²) in [4.78, 5) is 18.7. The number of aromatic nitrogens is 2. The molecule has 2 aliphatic rings. The maximum absolute atomic E-state index is 4.84. The third kappa shape index (κ3) is 5.12. The second-order valence-corrected chi connectivity index (χ2v) is 9.28. The second-order valence-electron chi connectivity index (χ2n) is 8.27. The van der Waals surface area contributed by atoms with Crippen LogP contribution < -0.4 is 15.1 Å². The van der Waals surface area contributed by atoms with Gasteiger partial charge in [0.05, 0.1) is 6.54 Å². The van der Waals surface area contributed by atoms with Crippen LogP contribution in [-0.4, -0.2) is 73.6 Å². The molecule has 31 heavy (non-hydrogen) atoms. The van der Waals surface area contributed by atoms with E-state index in [-0.39, 0.29) is 0 Å². The van der Waals surface area contributed by atoms with E-state index < -0.39 is 0 Å². The number of nitrogens with zero attached hydrogens (tertiary/aromatic N) is 6. The summed E-state index contributed by atoms with van der Waals surface area (Å²) >= 11 is 3.59. The van der Waals surface area contributed by atoms with Gasteiger partial charge in [-0.25, -0.2) is 0 Å². The Bertz CT molecular complexity index is 976. The molecule has 8 heteroatoms. The van der Waals surface area contributed by atoms with Gasteiger partial charge in [0.15, 0.2) is 0 Å². The van der Waals surface area contributed by atoms with Crippen molar-refractivity contribution in [2.24, 2.45) is 0 Å². The summed E-state index contributed by atoms with van der Waals surface area (Å²) in [6, 6.07) is 10.3. The Labute approximate surface area is 193 Å². The van der Waals surface area contributed by atoms with E-state index in [9.17, 15) is 0 Å². The monoisotopic (exact) mass is 483 g/mol. The predicted octanol–water partition coefficient (Wildman–Crippen LogP) is 3.78. The largest absolute Gasteiger partial charge is 0.363 e. The molecule has 164 valence electrons. The zero-order chi connectivity index (χ0) is 22.0. The van der Waals surface area contributed by atoms with Gasteiger partial charge in [-0.05, 0) is 31.2 Å². The van der Waals surface area contributed by atoms with Gasteiger partial charge in [0, 0.05) is 63.6 Å². The lowest BCUT2D eigenvalue weighted by Gasteiger charge is -2.41. The highest BCUT2D eigenvalue weighted by atomic mass is 79.9. The summed E-state index contributed by atoms with van der Waals surface area (Å²) in [6.45, 7) is 6.66. The minimum Gasteiger partial charge on any atom is -0.363 e. The molecular formula is C23H30BrN7. The molecule has 0 spiro atoms. The Kier molecular flexibility index (Phi) is 6.36. The number of anilines is 4. The van der Waals surface area contributed by atoms with Gasteiger partial charge in [0.2, 0.25) is 5.95 Å². The van der Waals surface area contributed by atoms with Crippen LogP contribution in [0.3, 0.4) is 0 Å². The Balaban J connectivity index is 1.50. The zero-order valence-electron chi connectivity index (χ0n) is 18.6. The summed E-state index contributed by atoms with van der Waals surface area (Å²) in [5, 5.41) is 3.43. The van der Waals surface area contributed by atoms with Crippen molar-refractivity contribution in [3.8, 4) is 0 Å². The van der Waals surface area contributed by atoms with E-state index in [4.69, 9.17) is 9.97 Å². The fraction of sp³-hybridized carbons (Fsp3) is 0.391. The number of nitrogens with one attached hydrogen (secondary N) is 1. The molecular weight excluding hydrogens is 454 g/mol. The first-order valence-corrected chi connectivity index (χ1v) is 11.4. The molecule has 0 atom stereocenters. The normalized spacial score (nSPS) is 16.7. The maximum Gasteiger partial charge on any atom is 0.229 e. The van der Waals surface area contributed by atoms with E-state index in [2.05, 4.69) is 86.3 Å². The lowest BCUT2D eigenvalue weighted by atomic mass is 10.2. The molecule has 0 amide bonds. The highest BCUT2D eigenvalue weighted by Gasteiger charge is 2.24. The predicted molar refractivity (Wildman–Crippen MR) is 132 cm³/mol. The fourth-order valence-corrected chi connectivity index (χ4v) is 4.28. The number of piperazine rings is 1. The smallest absolute Gasteiger partial charge is 0.229 e. The first kappa shape index (κ1) is 21.5. The van der Waals surface area contributed by atoms with Crippen LogP contribution in [0.15, 0.2) is 52.8 Å². The number of hydrogen-bond donors (Lipinski definition) is 1. The number of hydrogen-bond acceptors (Lipinski definition) is 7. The molecule has 1 fully saturated rings. The average Bonchev–Trinajstić information content (AvgIpc) is 2.75. The highest BCUT2D eigenvalue weighted by Crippen LogP contribution is 2.25. The minimum absolute atomic E-state index is 0.772. The van der Waals surface area contributed by atoms with Crippen LogP contribution in [0.5, 0.6) is 0 Å². The van der Waals surface area contributed by atoms with Crippen LogP contribution in [0.2, 0.25) is 0 Å². The van der Waals surface area contributed by atoms with Gasteiger partial charge in [-0.15, -0.1) is 0 Å². The van der Waals surface area contributed by atoms with Gasteiger partial charge >= 0.3 is 0 Å². The van der Waals surface area contributed by atoms with Crippen molar-refractivity contribution in [1.82, 2.24) is 19.8 Å². The summed E-state index contributed by atoms with van der Waals surface area (Å²) in [5.74, 6) is 3.75. The van der Waals surface area contributed by atoms with Crippen LogP contribution in [-0.2, 0) is 0 Å². The SMILES string of the molecule is Cc1ccc(Nc2cc(N(C)C)nc(N3CCN(C4=CC=C(Br)CN4C)CC3)n2)cc1. The Morgan fingerprint density at radius 1 is 0.968 bits per heavy atom. The molecule has 1 saturated heterocycles. The van der Waals surface area contributed by atoms with Gasteiger partial charge in [-0.1, -0.05) is 33.6 Å². The standard InChI is InChI=1S/C23H30BrN7/c1-17-5-8-19(9-6-17)25-20-15-21(28(2)3)27-23(26-20)31-13-11-30(12-14-31)22-10-7-18(24)16-29(22)4/h5-10,15H,11-14,16H2,1-4H3,(H,25,26,27). The van der Waals surface area contributed by atoms with Gasteiger partial charge in [-0.3, -0.25) is 0 Å². The quantitative estimate of drug-likeness (QED) is 0.693. The molecule has 1 aromatic heterocycles. The van der Waals surface area contributed by atoms with Gasteiger partial charge in [0.1, 0.15) is 17.5 Å². The van der Waals surface area contributed by atoms with Crippen LogP contribution in [0.4, 0.5) is 23.3 Å². The molecule has 0 radical (unpaired) electrons. The van der Waals surface area contributed by atoms with E-state index >= 15 is 0 Å². The number of likely N-dealkylation sites (N-methyl/N-ethyl adjacent to an activating group) is 1. The molecule has 0 aliphatic carbocycles.